The topological polar surface area (TPSA) is 99.0 Å². The Balaban J connectivity index is 2.55. The molecule has 1 aliphatic rings. The Bertz CT molecular complexity index is 521. The van der Waals surface area contributed by atoms with Crippen molar-refractivity contribution < 1.29 is 19.8 Å². The molecule has 6 heteroatoms. The van der Waals surface area contributed by atoms with Gasteiger partial charge in [-0.25, -0.2) is 0 Å². The number of hydrogen-bond donors (Lipinski definition) is 3. The fourth-order valence-corrected chi connectivity index (χ4v) is 2.88. The molecule has 0 aromatic heterocycles. The zero-order valence-corrected chi connectivity index (χ0v) is 14.5. The van der Waals surface area contributed by atoms with E-state index in [0.717, 1.165) is 12.8 Å². The van der Waals surface area contributed by atoms with E-state index in [9.17, 15) is 14.7 Å². The Morgan fingerprint density at radius 3 is 2.52 bits per heavy atom. The molecular weight excluding hydrogens is 296 g/mol. The fourth-order valence-electron chi connectivity index (χ4n) is 2.88. The molecule has 0 radical (unpaired) electrons. The Labute approximate surface area is 137 Å². The average molecular weight is 324 g/mol. The van der Waals surface area contributed by atoms with Crippen LogP contribution in [0.2, 0.25) is 0 Å². The minimum atomic E-state index is -0.849. The molecule has 0 heterocycles. The molecule has 0 unspecified atom stereocenters. The van der Waals surface area contributed by atoms with E-state index in [1.165, 1.54) is 0 Å². The number of Topliss-reactive ketones (excluding diaryl/α,β-unsaturated/α-hetero) is 1. The number of unbranched alkanes of at least 4 members (excludes halogenated alkanes) is 1. The van der Waals surface area contributed by atoms with E-state index >= 15 is 0 Å². The van der Waals surface area contributed by atoms with Gasteiger partial charge in [-0.2, -0.15) is 0 Å². The molecule has 1 rings (SSSR count). The number of carboxylic acid groups (broad SMARTS) is 1. The van der Waals surface area contributed by atoms with Crippen LogP contribution in [-0.4, -0.2) is 47.3 Å². The van der Waals surface area contributed by atoms with E-state index in [-0.39, 0.29) is 17.0 Å². The lowest BCUT2D eigenvalue weighted by Crippen LogP contribution is -2.33. The van der Waals surface area contributed by atoms with Gasteiger partial charge in [0.05, 0.1) is 5.57 Å². The van der Waals surface area contributed by atoms with Gasteiger partial charge in [0.15, 0.2) is 5.78 Å². The van der Waals surface area contributed by atoms with Gasteiger partial charge in [-0.1, -0.05) is 13.8 Å². The normalized spacial score (nSPS) is 19.8. The highest BCUT2D eigenvalue weighted by molar-refractivity contribution is 6.22. The van der Waals surface area contributed by atoms with Crippen molar-refractivity contribution in [3.05, 3.63) is 11.3 Å². The first-order valence-corrected chi connectivity index (χ1v) is 8.05. The van der Waals surface area contributed by atoms with Crippen LogP contribution in [0, 0.1) is 5.41 Å². The highest BCUT2D eigenvalue weighted by atomic mass is 16.4. The molecule has 0 aromatic rings. The van der Waals surface area contributed by atoms with Gasteiger partial charge in [-0.15, -0.1) is 0 Å². The molecule has 0 fully saturated rings. The second-order valence-corrected chi connectivity index (χ2v) is 6.91. The van der Waals surface area contributed by atoms with E-state index in [0.29, 0.717) is 37.1 Å². The van der Waals surface area contributed by atoms with E-state index in [4.69, 9.17) is 5.11 Å². The molecule has 130 valence electrons. The molecule has 23 heavy (non-hydrogen) atoms. The minimum absolute atomic E-state index is 0.0545. The van der Waals surface area contributed by atoms with Crippen molar-refractivity contribution in [3.8, 4) is 0 Å². The third-order valence-corrected chi connectivity index (χ3v) is 4.11. The standard InChI is InChI=1S/C17H28N2O4/c1-11(15-13(20)9-17(2,3)10-14(15)21)19-8-6-5-7-12(18-4)16(22)23/h12,18,20H,5-10H2,1-4H3,(H,22,23)/t12-/m0/s1. The molecule has 6 nitrogen and oxygen atoms in total. The minimum Gasteiger partial charge on any atom is -0.511 e. The first kappa shape index (κ1) is 19.4. The van der Waals surface area contributed by atoms with Gasteiger partial charge in [-0.3, -0.25) is 14.6 Å². The molecule has 0 saturated carbocycles. The van der Waals surface area contributed by atoms with Crippen molar-refractivity contribution in [2.75, 3.05) is 13.6 Å². The summed E-state index contributed by atoms with van der Waals surface area (Å²) in [5.41, 5.74) is 0.735. The van der Waals surface area contributed by atoms with Crippen LogP contribution in [0.1, 0.15) is 52.9 Å². The van der Waals surface area contributed by atoms with E-state index < -0.39 is 12.0 Å². The summed E-state index contributed by atoms with van der Waals surface area (Å²) in [6.45, 7) is 6.20. The molecule has 1 aliphatic carbocycles. The van der Waals surface area contributed by atoms with E-state index in [1.54, 1.807) is 14.0 Å². The predicted molar refractivity (Wildman–Crippen MR) is 90.0 cm³/mol. The number of hydrogen-bond acceptors (Lipinski definition) is 5. The molecule has 0 bridgehead atoms. The largest absolute Gasteiger partial charge is 0.511 e. The maximum absolute atomic E-state index is 12.2. The third kappa shape index (κ3) is 5.78. The molecule has 0 spiro atoms. The maximum atomic E-state index is 12.2. The van der Waals surface area contributed by atoms with E-state index in [1.807, 2.05) is 13.8 Å². The Morgan fingerprint density at radius 1 is 1.35 bits per heavy atom. The number of aliphatic hydroxyl groups is 1. The number of aliphatic carboxylic acids is 1. The molecule has 3 N–H and O–H groups in total. The number of carbonyl (C=O) groups is 2. The molecular formula is C17H28N2O4. The van der Waals surface area contributed by atoms with Crippen molar-refractivity contribution in [2.45, 2.75) is 58.9 Å². The number of rotatable bonds is 8. The average Bonchev–Trinajstić information content (AvgIpc) is 2.39. The van der Waals surface area contributed by atoms with Crippen molar-refractivity contribution in [2.24, 2.45) is 10.4 Å². The van der Waals surface area contributed by atoms with Gasteiger partial charge in [0, 0.05) is 25.1 Å². The number of carboxylic acids is 1. The zero-order valence-electron chi connectivity index (χ0n) is 14.5. The number of allylic oxidation sites excluding steroid dienone is 2. The fraction of sp³-hybridized carbons (Fsp3) is 0.706. The first-order valence-electron chi connectivity index (χ1n) is 8.05. The van der Waals surface area contributed by atoms with Crippen molar-refractivity contribution >= 4 is 17.5 Å². The zero-order chi connectivity index (χ0) is 17.6. The third-order valence-electron chi connectivity index (χ3n) is 4.11. The lowest BCUT2D eigenvalue weighted by atomic mass is 9.76. The number of nitrogens with zero attached hydrogens (tertiary/aromatic N) is 1. The number of carbonyl (C=O) groups excluding carboxylic acids is 1. The van der Waals surface area contributed by atoms with Crippen LogP contribution in [0.3, 0.4) is 0 Å². The van der Waals surface area contributed by atoms with Crippen LogP contribution in [0.4, 0.5) is 0 Å². The van der Waals surface area contributed by atoms with Gasteiger partial charge < -0.3 is 15.5 Å². The Hall–Kier alpha value is -1.69. The monoisotopic (exact) mass is 324 g/mol. The lowest BCUT2D eigenvalue weighted by molar-refractivity contribution is -0.139. The Kier molecular flexibility index (Phi) is 6.94. The molecule has 0 aromatic carbocycles. The number of ketones is 1. The van der Waals surface area contributed by atoms with Gasteiger partial charge in [-0.05, 0) is 38.6 Å². The quantitative estimate of drug-likeness (QED) is 0.470. The highest BCUT2D eigenvalue weighted by Crippen LogP contribution is 2.36. The number of likely N-dealkylation sites (N-methyl/N-ethyl adjacent to an activating group) is 1. The number of aliphatic imine (C=N–C) groups is 1. The summed E-state index contributed by atoms with van der Waals surface area (Å²) in [4.78, 5) is 27.4. The van der Waals surface area contributed by atoms with Crippen LogP contribution in [0.5, 0.6) is 0 Å². The summed E-state index contributed by atoms with van der Waals surface area (Å²) in [6.07, 6.45) is 2.93. The SMILES string of the molecule is CN[C@@H](CCCCN=C(C)C1=C(O)CC(C)(C)CC1=O)C(=O)O. The van der Waals surface area contributed by atoms with Gasteiger partial charge >= 0.3 is 5.97 Å². The van der Waals surface area contributed by atoms with Crippen molar-refractivity contribution in [1.82, 2.24) is 5.32 Å². The first-order chi connectivity index (χ1) is 10.7. The van der Waals surface area contributed by atoms with Crippen LogP contribution in [-0.2, 0) is 9.59 Å². The molecule has 0 amide bonds. The van der Waals surface area contributed by atoms with Crippen LogP contribution in [0.15, 0.2) is 16.3 Å². The van der Waals surface area contributed by atoms with Crippen molar-refractivity contribution in [1.29, 1.82) is 0 Å². The molecule has 1 atom stereocenters. The number of nitrogens with one attached hydrogen (secondary N) is 1. The Morgan fingerprint density at radius 2 is 2.00 bits per heavy atom. The summed E-state index contributed by atoms with van der Waals surface area (Å²) < 4.78 is 0. The lowest BCUT2D eigenvalue weighted by Gasteiger charge is -2.29. The number of aliphatic hydroxyl groups excluding tert-OH is 1. The predicted octanol–water partition coefficient (Wildman–Crippen LogP) is 2.49. The summed E-state index contributed by atoms with van der Waals surface area (Å²) in [5.74, 6) is -0.771. The summed E-state index contributed by atoms with van der Waals surface area (Å²) in [7, 11) is 1.63. The van der Waals surface area contributed by atoms with Crippen LogP contribution in [0.25, 0.3) is 0 Å². The molecule has 0 saturated heterocycles. The van der Waals surface area contributed by atoms with Crippen LogP contribution < -0.4 is 5.32 Å². The van der Waals surface area contributed by atoms with Gasteiger partial charge in [0.2, 0.25) is 0 Å². The highest BCUT2D eigenvalue weighted by Gasteiger charge is 2.33. The summed E-state index contributed by atoms with van der Waals surface area (Å²) in [5, 5.41) is 21.8. The van der Waals surface area contributed by atoms with E-state index in [2.05, 4.69) is 10.3 Å². The van der Waals surface area contributed by atoms with Gasteiger partial charge in [0.1, 0.15) is 11.8 Å². The smallest absolute Gasteiger partial charge is 0.320 e. The summed E-state index contributed by atoms with van der Waals surface area (Å²) in [6, 6.07) is -0.533. The second kappa shape index (κ2) is 8.24. The molecule has 0 aliphatic heterocycles. The van der Waals surface area contributed by atoms with Gasteiger partial charge in [0.25, 0.3) is 0 Å². The maximum Gasteiger partial charge on any atom is 0.320 e. The summed E-state index contributed by atoms with van der Waals surface area (Å²) >= 11 is 0. The van der Waals surface area contributed by atoms with Crippen molar-refractivity contribution in [3.63, 3.8) is 0 Å². The second-order valence-electron chi connectivity index (χ2n) is 6.91. The van der Waals surface area contributed by atoms with Crippen LogP contribution >= 0.6 is 0 Å².